The average molecular weight is 1070 g/mol. The van der Waals surface area contributed by atoms with Crippen molar-refractivity contribution in [1.82, 2.24) is 0 Å². The minimum Gasteiger partial charge on any atom is -0.311 e. The molecule has 9 aromatic carbocycles. The molecule has 2 heterocycles. The molecule has 1 aliphatic carbocycles. The van der Waals surface area contributed by atoms with Gasteiger partial charge in [0, 0.05) is 44.8 Å². The number of benzene rings is 9. The molecule has 0 amide bonds. The van der Waals surface area contributed by atoms with E-state index < -0.39 is 0 Å². The maximum absolute atomic E-state index is 2.72. The van der Waals surface area contributed by atoms with Crippen LogP contribution >= 0.6 is 0 Å². The molecular formula is C79H85BN2. The molecule has 0 N–H and O–H groups in total. The van der Waals surface area contributed by atoms with E-state index >= 15 is 0 Å². The molecule has 0 bridgehead atoms. The number of nitrogens with zero attached hydrogens (tertiary/aromatic N) is 2. The maximum atomic E-state index is 2.72. The Labute approximate surface area is 492 Å². The first-order valence-corrected chi connectivity index (χ1v) is 30.4. The maximum Gasteiger partial charge on any atom is 0.252 e. The van der Waals surface area contributed by atoms with Crippen molar-refractivity contribution in [3.05, 3.63) is 244 Å². The zero-order chi connectivity index (χ0) is 58.1. The fourth-order valence-electron chi connectivity index (χ4n) is 13.8. The highest BCUT2D eigenvalue weighted by molar-refractivity contribution is 7.00. The Morgan fingerprint density at radius 1 is 0.378 bits per heavy atom. The molecule has 414 valence electrons. The van der Waals surface area contributed by atoms with Gasteiger partial charge in [-0.25, -0.2) is 0 Å². The van der Waals surface area contributed by atoms with Gasteiger partial charge in [0.15, 0.2) is 0 Å². The zero-order valence-corrected chi connectivity index (χ0v) is 51.9. The number of hydrogen-bond acceptors (Lipinski definition) is 2. The predicted octanol–water partition coefficient (Wildman–Crippen LogP) is 19.8. The summed E-state index contributed by atoms with van der Waals surface area (Å²) in [6, 6.07) is 75.6. The van der Waals surface area contributed by atoms with Gasteiger partial charge in [-0.2, -0.15) is 0 Å². The van der Waals surface area contributed by atoms with E-state index in [-0.39, 0.29) is 45.1 Å². The molecule has 0 fully saturated rings. The Balaban J connectivity index is 1.16. The van der Waals surface area contributed by atoms with Crippen LogP contribution in [0.5, 0.6) is 0 Å². The number of rotatable bonds is 9. The summed E-state index contributed by atoms with van der Waals surface area (Å²) in [5, 5.41) is 0. The fourth-order valence-corrected chi connectivity index (χ4v) is 13.8. The van der Waals surface area contributed by atoms with Crippen LogP contribution in [0.4, 0.5) is 34.1 Å². The summed E-state index contributed by atoms with van der Waals surface area (Å²) in [5.41, 5.74) is 28.1. The largest absolute Gasteiger partial charge is 0.311 e. The van der Waals surface area contributed by atoms with Crippen molar-refractivity contribution in [1.29, 1.82) is 0 Å². The van der Waals surface area contributed by atoms with Gasteiger partial charge in [-0.15, -0.1) is 0 Å². The summed E-state index contributed by atoms with van der Waals surface area (Å²) in [5.74, 6) is 0.259. The van der Waals surface area contributed by atoms with Crippen molar-refractivity contribution in [2.45, 2.75) is 162 Å². The van der Waals surface area contributed by atoms with Gasteiger partial charge >= 0.3 is 0 Å². The van der Waals surface area contributed by atoms with Gasteiger partial charge in [0.25, 0.3) is 6.71 Å². The van der Waals surface area contributed by atoms with Crippen molar-refractivity contribution < 1.29 is 0 Å². The third-order valence-electron chi connectivity index (χ3n) is 19.7. The standard InChI is InChI=1S/C79H85BN2/c1-51(2)55-44-71-73-72(45-55)82(68-41-39-59(75(6,7)8)47-63(68)54-32-30-52(31-33-54)53-34-36-56(37-35-53)74(3,4)5)70-50-65-64(76(9,10)42-43-77(65,11)12)49-67(70)80(73)66-40-38-61(79(15,16)58-26-21-18-22-27-58)48-69(66)81(71)62-29-23-28-60(46-62)78(13,14)57-24-19-17-20-25-57/h17-41,44-51H,42-43H2,1-16H3. The van der Waals surface area contributed by atoms with Gasteiger partial charge in [-0.3, -0.25) is 0 Å². The summed E-state index contributed by atoms with van der Waals surface area (Å²) in [6.45, 7) is 38.1. The van der Waals surface area contributed by atoms with Crippen LogP contribution in [0, 0.1) is 0 Å². The van der Waals surface area contributed by atoms with E-state index in [1.165, 1.54) is 123 Å². The van der Waals surface area contributed by atoms with Crippen LogP contribution in [0.15, 0.2) is 194 Å². The SMILES string of the molecule is CC(C)c1cc2c3c(c1)N(c1ccc(C(C)(C)C)cc1-c1ccc(-c4ccc(C(C)(C)C)cc4)cc1)c1cc4c(cc1B3c1ccc(C(C)(C)c3ccccc3)cc1N2c1cccc(C(C)(C)c2ccccc2)c1)C(C)(C)CCC4(C)C. The zero-order valence-electron chi connectivity index (χ0n) is 51.9. The molecule has 0 unspecified atom stereocenters. The molecule has 0 spiro atoms. The minimum atomic E-state index is -0.259. The molecule has 9 aromatic rings. The van der Waals surface area contributed by atoms with E-state index in [0.29, 0.717) is 0 Å². The van der Waals surface area contributed by atoms with Crippen LogP contribution in [0.2, 0.25) is 0 Å². The van der Waals surface area contributed by atoms with Crippen LogP contribution in [-0.2, 0) is 32.5 Å². The molecule has 0 radical (unpaired) electrons. The Morgan fingerprint density at radius 3 is 1.41 bits per heavy atom. The predicted molar refractivity (Wildman–Crippen MR) is 355 cm³/mol. The summed E-state index contributed by atoms with van der Waals surface area (Å²) in [7, 11) is 0. The van der Waals surface area contributed by atoms with Gasteiger partial charge in [0.2, 0.25) is 0 Å². The Kier molecular flexibility index (Phi) is 13.2. The highest BCUT2D eigenvalue weighted by Gasteiger charge is 2.47. The molecule has 3 heteroatoms. The van der Waals surface area contributed by atoms with Crippen molar-refractivity contribution in [2.75, 3.05) is 9.80 Å². The van der Waals surface area contributed by atoms with Gasteiger partial charge in [-0.05, 0) is 172 Å². The van der Waals surface area contributed by atoms with Crippen molar-refractivity contribution in [2.24, 2.45) is 0 Å². The molecule has 0 saturated heterocycles. The first-order chi connectivity index (χ1) is 38.7. The quantitative estimate of drug-likeness (QED) is 0.133. The van der Waals surface area contributed by atoms with Crippen LogP contribution in [0.25, 0.3) is 22.3 Å². The van der Waals surface area contributed by atoms with Crippen molar-refractivity contribution >= 4 is 57.2 Å². The lowest BCUT2D eigenvalue weighted by molar-refractivity contribution is 0.332. The molecule has 0 saturated carbocycles. The highest BCUT2D eigenvalue weighted by Crippen LogP contribution is 2.53. The van der Waals surface area contributed by atoms with Crippen LogP contribution in [-0.4, -0.2) is 6.71 Å². The highest BCUT2D eigenvalue weighted by atomic mass is 15.2. The summed E-state index contributed by atoms with van der Waals surface area (Å²) in [4.78, 5) is 5.39. The second kappa shape index (κ2) is 19.6. The monoisotopic (exact) mass is 1070 g/mol. The Hall–Kier alpha value is -7.36. The molecule has 82 heavy (non-hydrogen) atoms. The van der Waals surface area contributed by atoms with Gasteiger partial charge in [0.05, 0.1) is 5.69 Å². The van der Waals surface area contributed by atoms with Crippen molar-refractivity contribution in [3.63, 3.8) is 0 Å². The minimum absolute atomic E-state index is 0.00272. The van der Waals surface area contributed by atoms with E-state index in [9.17, 15) is 0 Å². The molecule has 2 nitrogen and oxygen atoms in total. The second-order valence-electron chi connectivity index (χ2n) is 29.1. The van der Waals surface area contributed by atoms with Gasteiger partial charge < -0.3 is 9.80 Å². The normalized spacial score (nSPS) is 15.5. The molecule has 2 aliphatic heterocycles. The fraction of sp³-hybridized carbons (Fsp3) is 0.316. The Morgan fingerprint density at radius 2 is 0.854 bits per heavy atom. The lowest BCUT2D eigenvalue weighted by Crippen LogP contribution is -2.62. The first kappa shape index (κ1) is 55.2. The second-order valence-corrected chi connectivity index (χ2v) is 29.1. The molecular weight excluding hydrogens is 988 g/mol. The van der Waals surface area contributed by atoms with E-state index in [1.807, 2.05) is 0 Å². The average Bonchev–Trinajstić information content (AvgIpc) is 1.74. The summed E-state index contributed by atoms with van der Waals surface area (Å²) in [6.07, 6.45) is 2.29. The van der Waals surface area contributed by atoms with E-state index in [1.54, 1.807) is 0 Å². The number of hydrogen-bond donors (Lipinski definition) is 0. The lowest BCUT2D eigenvalue weighted by Gasteiger charge is -2.48. The third kappa shape index (κ3) is 9.36. The smallest absolute Gasteiger partial charge is 0.252 e. The molecule has 0 atom stereocenters. The molecule has 3 aliphatic rings. The van der Waals surface area contributed by atoms with Crippen LogP contribution < -0.4 is 26.2 Å². The topological polar surface area (TPSA) is 6.48 Å². The molecule has 12 rings (SSSR count). The Bertz CT molecular complexity index is 3900. The lowest BCUT2D eigenvalue weighted by atomic mass is 9.33. The van der Waals surface area contributed by atoms with Gasteiger partial charge in [-0.1, -0.05) is 256 Å². The molecule has 0 aromatic heterocycles. The van der Waals surface area contributed by atoms with Crippen molar-refractivity contribution in [3.8, 4) is 22.3 Å². The van der Waals surface area contributed by atoms with E-state index in [0.717, 1.165) is 12.8 Å². The number of anilines is 6. The number of fused-ring (bicyclic) bond motifs is 5. The first-order valence-electron chi connectivity index (χ1n) is 30.4. The van der Waals surface area contributed by atoms with Crippen LogP contribution in [0.1, 0.15) is 180 Å². The summed E-state index contributed by atoms with van der Waals surface area (Å²) >= 11 is 0. The van der Waals surface area contributed by atoms with Crippen LogP contribution in [0.3, 0.4) is 0 Å². The summed E-state index contributed by atoms with van der Waals surface area (Å²) < 4.78 is 0. The van der Waals surface area contributed by atoms with E-state index in [4.69, 9.17) is 0 Å². The van der Waals surface area contributed by atoms with E-state index in [2.05, 4.69) is 315 Å². The van der Waals surface area contributed by atoms with Gasteiger partial charge in [0.1, 0.15) is 0 Å². The third-order valence-corrected chi connectivity index (χ3v) is 19.7.